The molecule has 0 radical (unpaired) electrons. The van der Waals surface area contributed by atoms with E-state index in [9.17, 15) is 9.59 Å². The van der Waals surface area contributed by atoms with E-state index in [-0.39, 0.29) is 7.52 Å². The molecule has 0 aromatic heterocycles. The Balaban J connectivity index is 0.00000256. The van der Waals surface area contributed by atoms with Crippen LogP contribution in [0.5, 0.6) is 0 Å². The molecular weight excluding hydrogens is 206 g/mol. The molecule has 1 N–H and O–H groups in total. The van der Waals surface area contributed by atoms with Crippen molar-refractivity contribution in [2.24, 2.45) is 5.92 Å². The number of Topliss-reactive ketones (excluding diaryl/α,β-unsaturated/α-hetero) is 1. The maximum atomic E-state index is 11.4. The summed E-state index contributed by atoms with van der Waals surface area (Å²) >= 11 is 0. The number of rotatable bonds is 2. The monoisotopic (exact) mass is 229 g/mol. The predicted molar refractivity (Wildman–Crippen MR) is 63.3 cm³/mol. The fourth-order valence-electron chi connectivity index (χ4n) is 1.75. The van der Waals surface area contributed by atoms with Crippen molar-refractivity contribution in [2.75, 3.05) is 6.54 Å². The lowest BCUT2D eigenvalue weighted by Crippen LogP contribution is -2.36. The fraction of sp³-hybridized carbons (Fsp3) is 0.833. The van der Waals surface area contributed by atoms with Crippen molar-refractivity contribution in [2.45, 2.75) is 52.1 Å². The van der Waals surface area contributed by atoms with E-state index in [1.807, 2.05) is 20.8 Å². The van der Waals surface area contributed by atoms with E-state index in [1.165, 1.54) is 0 Å². The second-order valence-corrected chi connectivity index (χ2v) is 5.36. The van der Waals surface area contributed by atoms with E-state index in [0.29, 0.717) is 31.1 Å². The Morgan fingerprint density at radius 1 is 1.44 bits per heavy atom. The second-order valence-electron chi connectivity index (χ2n) is 5.36. The van der Waals surface area contributed by atoms with Crippen LogP contribution in [0.25, 0.3) is 0 Å². The summed E-state index contributed by atoms with van der Waals surface area (Å²) in [6, 6.07) is 0. The normalized spacial score (nSPS) is 18.3. The third-order valence-corrected chi connectivity index (χ3v) is 2.60. The number of carbonyl (C=O) groups excluding carboxylic acids is 2. The van der Waals surface area contributed by atoms with Crippen molar-refractivity contribution >= 4 is 11.9 Å². The Morgan fingerprint density at radius 3 is 2.50 bits per heavy atom. The van der Waals surface area contributed by atoms with Crippen LogP contribution < -0.4 is 5.32 Å². The number of nitrogens with one attached hydrogen (secondary N) is 1. The topological polar surface area (TPSA) is 55.4 Å². The Kier molecular flexibility index (Phi) is 4.33. The highest BCUT2D eigenvalue weighted by molar-refractivity contribution is 5.79. The largest absolute Gasteiger partial charge is 0.444 e. The molecule has 1 aliphatic carbocycles. The van der Waals surface area contributed by atoms with Gasteiger partial charge in [0.2, 0.25) is 0 Å². The van der Waals surface area contributed by atoms with Crippen LogP contribution in [0.15, 0.2) is 0 Å². The van der Waals surface area contributed by atoms with Gasteiger partial charge in [0.15, 0.2) is 0 Å². The van der Waals surface area contributed by atoms with E-state index in [0.717, 1.165) is 12.8 Å². The Labute approximate surface area is 98.2 Å². The second kappa shape index (κ2) is 5.32. The third-order valence-electron chi connectivity index (χ3n) is 2.60. The molecule has 0 atom stereocenters. The van der Waals surface area contributed by atoms with Gasteiger partial charge >= 0.3 is 6.09 Å². The van der Waals surface area contributed by atoms with Gasteiger partial charge in [0.1, 0.15) is 11.4 Å². The van der Waals surface area contributed by atoms with Gasteiger partial charge in [-0.05, 0) is 39.5 Å². The molecule has 0 heterocycles. The van der Waals surface area contributed by atoms with Crippen LogP contribution in [-0.4, -0.2) is 24.0 Å². The summed E-state index contributed by atoms with van der Waals surface area (Å²) in [5, 5.41) is 2.75. The van der Waals surface area contributed by atoms with Gasteiger partial charge in [-0.25, -0.2) is 4.79 Å². The van der Waals surface area contributed by atoms with Crippen LogP contribution in [-0.2, 0) is 9.53 Å². The highest BCUT2D eigenvalue weighted by Crippen LogP contribution is 2.20. The van der Waals surface area contributed by atoms with E-state index in [4.69, 9.17) is 4.74 Å². The molecule has 1 saturated carbocycles. The van der Waals surface area contributed by atoms with Crippen LogP contribution in [0.2, 0.25) is 0 Å². The zero-order chi connectivity index (χ0) is 12.2. The first-order valence-electron chi connectivity index (χ1n) is 5.85. The van der Waals surface area contributed by atoms with Crippen molar-refractivity contribution in [1.82, 2.24) is 5.32 Å². The molecule has 1 fully saturated rings. The summed E-state index contributed by atoms with van der Waals surface area (Å²) in [4.78, 5) is 22.4. The molecule has 94 valence electrons. The summed E-state index contributed by atoms with van der Waals surface area (Å²) in [5.74, 6) is 0.763. The van der Waals surface area contributed by atoms with Crippen molar-refractivity contribution in [3.8, 4) is 0 Å². The molecule has 0 aromatic carbocycles. The first kappa shape index (κ1) is 13.0. The lowest BCUT2D eigenvalue weighted by molar-refractivity contribution is -0.120. The highest BCUT2D eigenvalue weighted by Gasteiger charge is 2.21. The summed E-state index contributed by atoms with van der Waals surface area (Å²) < 4.78 is 5.13. The lowest BCUT2D eigenvalue weighted by Gasteiger charge is -2.23. The molecule has 1 amide bonds. The third kappa shape index (κ3) is 5.14. The summed E-state index contributed by atoms with van der Waals surface area (Å²) in [6.45, 7) is 6.13. The average Bonchev–Trinajstić information content (AvgIpc) is 2.14. The number of hydrogen-bond donors (Lipinski definition) is 1. The number of carbonyl (C=O) groups is 2. The molecule has 1 rings (SSSR count). The van der Waals surface area contributed by atoms with Gasteiger partial charge < -0.3 is 10.1 Å². The lowest BCUT2D eigenvalue weighted by atomic mass is 9.88. The molecule has 0 aromatic rings. The van der Waals surface area contributed by atoms with Crippen molar-refractivity contribution in [3.63, 3.8) is 0 Å². The van der Waals surface area contributed by atoms with Crippen LogP contribution >= 0.6 is 0 Å². The van der Waals surface area contributed by atoms with Gasteiger partial charge in [-0.1, -0.05) is 0 Å². The van der Waals surface area contributed by atoms with Gasteiger partial charge in [-0.15, -0.1) is 0 Å². The molecule has 1 aliphatic rings. The smallest absolute Gasteiger partial charge is 0.407 e. The first-order chi connectivity index (χ1) is 7.37. The van der Waals surface area contributed by atoms with Crippen LogP contribution in [0.1, 0.15) is 47.9 Å². The Bertz CT molecular complexity index is 263. The number of ether oxygens (including phenoxy) is 1. The molecule has 0 bridgehead atoms. The molecular formula is C12H23NO3. The van der Waals surface area contributed by atoms with E-state index in [1.54, 1.807) is 0 Å². The van der Waals surface area contributed by atoms with E-state index in [2.05, 4.69) is 5.32 Å². The number of alkyl carbamates (subject to hydrolysis) is 1. The van der Waals surface area contributed by atoms with E-state index < -0.39 is 5.60 Å². The number of ketones is 1. The summed E-state index contributed by atoms with van der Waals surface area (Å²) in [5.41, 5.74) is -0.452. The van der Waals surface area contributed by atoms with E-state index >= 15 is 0 Å². The molecule has 4 nitrogen and oxygen atoms in total. The molecule has 0 saturated heterocycles. The molecule has 16 heavy (non-hydrogen) atoms. The molecule has 0 unspecified atom stereocenters. The Morgan fingerprint density at radius 2 is 2.00 bits per heavy atom. The van der Waals surface area contributed by atoms with Crippen LogP contribution in [0.4, 0.5) is 4.79 Å². The van der Waals surface area contributed by atoms with Crippen molar-refractivity contribution in [1.29, 1.82) is 0 Å². The van der Waals surface area contributed by atoms with Gasteiger partial charge in [0.05, 0.1) is 0 Å². The summed E-state index contributed by atoms with van der Waals surface area (Å²) in [7, 11) is 0. The molecule has 4 heteroatoms. The maximum Gasteiger partial charge on any atom is 0.407 e. The first-order valence-corrected chi connectivity index (χ1v) is 5.85. The quantitative estimate of drug-likeness (QED) is 0.791. The van der Waals surface area contributed by atoms with Gasteiger partial charge in [-0.2, -0.15) is 0 Å². The number of amides is 1. The van der Waals surface area contributed by atoms with Gasteiger partial charge in [0, 0.05) is 20.8 Å². The van der Waals surface area contributed by atoms with Crippen LogP contribution in [0.3, 0.4) is 0 Å². The van der Waals surface area contributed by atoms with Crippen LogP contribution in [0, 0.1) is 5.92 Å². The Hall–Kier alpha value is -1.06. The van der Waals surface area contributed by atoms with Crippen molar-refractivity contribution < 1.29 is 15.8 Å². The van der Waals surface area contributed by atoms with Gasteiger partial charge in [-0.3, -0.25) is 4.79 Å². The fourth-order valence-corrected chi connectivity index (χ4v) is 1.75. The molecule has 0 spiro atoms. The summed E-state index contributed by atoms with van der Waals surface area (Å²) in [6.07, 6.45) is 2.70. The zero-order valence-electron chi connectivity index (χ0n) is 10.3. The predicted octanol–water partition coefficient (Wildman–Crippen LogP) is 2.52. The van der Waals surface area contributed by atoms with Crippen molar-refractivity contribution in [3.05, 3.63) is 0 Å². The average molecular weight is 229 g/mol. The minimum atomic E-state index is -0.452. The standard InChI is InChI=1S/C12H21NO3.H2/c1-12(2,3)16-11(15)13-8-9-4-6-10(14)7-5-9;/h9H,4-8H2,1-3H3,(H,13,15);1H. The highest BCUT2D eigenvalue weighted by atomic mass is 16.6. The van der Waals surface area contributed by atoms with Gasteiger partial charge in [0.25, 0.3) is 0 Å². The number of hydrogen-bond acceptors (Lipinski definition) is 3. The SMILES string of the molecule is CC(C)(C)OC(=O)NCC1CCC(=O)CC1.[HH]. The zero-order valence-corrected chi connectivity index (χ0v) is 10.3. The minimum absolute atomic E-state index is 0. The molecule has 0 aliphatic heterocycles. The minimum Gasteiger partial charge on any atom is -0.444 e. The maximum absolute atomic E-state index is 11.4.